The first kappa shape index (κ1) is 42.5. The van der Waals surface area contributed by atoms with E-state index in [2.05, 4.69) is 24.2 Å². The zero-order valence-electron chi connectivity index (χ0n) is 29.6. The topological polar surface area (TPSA) is 137 Å². The molecule has 0 saturated heterocycles. The smallest absolute Gasteiger partial charge is 0.306 e. The molecule has 1 rings (SSSR count). The van der Waals surface area contributed by atoms with Gasteiger partial charge in [0.25, 0.3) is 0 Å². The molecule has 0 fully saturated rings. The van der Waals surface area contributed by atoms with Crippen LogP contribution < -0.4 is 0 Å². The molecule has 0 N–H and O–H groups in total. The fourth-order valence-electron chi connectivity index (χ4n) is 4.81. The summed E-state index contributed by atoms with van der Waals surface area (Å²) in [5.41, 5.74) is 0.607. The SMILES string of the molecule is CCCCCCCCCC(=O)OCC(Cn1cc(CCC(=O)OCCOCCOCCOC)nn1)OC(=O)CCCCCCCCC. The molecule has 0 amide bonds. The summed E-state index contributed by atoms with van der Waals surface area (Å²) in [4.78, 5) is 37.2. The zero-order chi connectivity index (χ0) is 34.2. The number of nitrogens with zero attached hydrogens (tertiary/aromatic N) is 3. The first-order valence-electron chi connectivity index (χ1n) is 18.0. The summed E-state index contributed by atoms with van der Waals surface area (Å²) in [6, 6.07) is 0. The Hall–Kier alpha value is -2.57. The summed E-state index contributed by atoms with van der Waals surface area (Å²) < 4.78 is 33.6. The maximum atomic E-state index is 12.6. The molecule has 1 aromatic rings. The summed E-state index contributed by atoms with van der Waals surface area (Å²) in [5, 5.41) is 8.28. The van der Waals surface area contributed by atoms with Crippen LogP contribution >= 0.6 is 0 Å². The molecule has 1 heterocycles. The van der Waals surface area contributed by atoms with E-state index >= 15 is 0 Å². The molecular weight excluding hydrogens is 606 g/mol. The highest BCUT2D eigenvalue weighted by molar-refractivity contribution is 5.70. The molecule has 0 aromatic carbocycles. The Bertz CT molecular complexity index is 913. The van der Waals surface area contributed by atoms with E-state index < -0.39 is 6.10 Å². The fourth-order valence-corrected chi connectivity index (χ4v) is 4.81. The number of hydrogen-bond donors (Lipinski definition) is 0. The van der Waals surface area contributed by atoms with Crippen molar-refractivity contribution in [3.63, 3.8) is 0 Å². The van der Waals surface area contributed by atoms with E-state index in [9.17, 15) is 14.4 Å². The van der Waals surface area contributed by atoms with Crippen molar-refractivity contribution in [2.75, 3.05) is 53.4 Å². The third-order valence-corrected chi connectivity index (χ3v) is 7.55. The Balaban J connectivity index is 2.45. The number of aromatic nitrogens is 3. The molecule has 1 aromatic heterocycles. The van der Waals surface area contributed by atoms with Gasteiger partial charge in [-0.2, -0.15) is 0 Å². The van der Waals surface area contributed by atoms with Crippen molar-refractivity contribution >= 4 is 17.9 Å². The lowest BCUT2D eigenvalue weighted by atomic mass is 10.1. The first-order valence-corrected chi connectivity index (χ1v) is 18.0. The minimum Gasteiger partial charge on any atom is -0.463 e. The number of hydrogen-bond acceptors (Lipinski definition) is 11. The lowest BCUT2D eigenvalue weighted by molar-refractivity contribution is -0.160. The highest BCUT2D eigenvalue weighted by atomic mass is 16.6. The molecule has 1 atom stereocenters. The fraction of sp³-hybridized carbons (Fsp3) is 0.857. The normalized spacial score (nSPS) is 11.8. The molecule has 0 aliphatic rings. The number of carbonyl (C=O) groups is 3. The number of aryl methyl sites for hydroxylation is 1. The van der Waals surface area contributed by atoms with E-state index in [1.54, 1.807) is 18.0 Å². The number of methoxy groups -OCH3 is 1. The second-order valence-electron chi connectivity index (χ2n) is 11.9. The number of ether oxygens (including phenoxy) is 6. The van der Waals surface area contributed by atoms with E-state index in [4.69, 9.17) is 28.4 Å². The van der Waals surface area contributed by atoms with Crippen molar-refractivity contribution < 1.29 is 42.8 Å². The Morgan fingerprint density at radius 2 is 1.19 bits per heavy atom. The van der Waals surface area contributed by atoms with Crippen molar-refractivity contribution in [3.05, 3.63) is 11.9 Å². The second kappa shape index (κ2) is 30.7. The van der Waals surface area contributed by atoms with Gasteiger partial charge in [0.05, 0.1) is 51.7 Å². The van der Waals surface area contributed by atoms with Crippen LogP contribution in [-0.2, 0) is 55.8 Å². The number of rotatable bonds is 33. The largest absolute Gasteiger partial charge is 0.463 e. The molecule has 0 saturated carbocycles. The van der Waals surface area contributed by atoms with E-state index in [0.717, 1.165) is 38.5 Å². The standard InChI is InChI=1S/C35H63N3O9/c1-4-6-8-10-12-14-16-18-33(39)46-30-32(47-35(41)19-17-15-13-11-9-7-5-2)29-38-28-31(36-37-38)20-21-34(40)45-27-26-44-25-24-43-23-22-42-3/h28,32H,4-27,29-30H2,1-3H3. The van der Waals surface area contributed by atoms with E-state index in [1.165, 1.54) is 51.4 Å². The van der Waals surface area contributed by atoms with Crippen LogP contribution in [0.25, 0.3) is 0 Å². The third-order valence-electron chi connectivity index (χ3n) is 7.55. The molecule has 12 nitrogen and oxygen atoms in total. The van der Waals surface area contributed by atoms with E-state index in [-0.39, 0.29) is 50.7 Å². The molecule has 272 valence electrons. The van der Waals surface area contributed by atoms with Gasteiger partial charge in [-0.25, -0.2) is 4.68 Å². The van der Waals surface area contributed by atoms with Crippen LogP contribution in [0.1, 0.15) is 129 Å². The Morgan fingerprint density at radius 3 is 1.81 bits per heavy atom. The average Bonchev–Trinajstić information content (AvgIpc) is 3.51. The average molecular weight is 670 g/mol. The van der Waals surface area contributed by atoms with Crippen LogP contribution in [0.15, 0.2) is 6.20 Å². The van der Waals surface area contributed by atoms with Gasteiger partial charge >= 0.3 is 17.9 Å². The first-order chi connectivity index (χ1) is 23.0. The monoisotopic (exact) mass is 669 g/mol. The molecule has 1 unspecified atom stereocenters. The van der Waals surface area contributed by atoms with Gasteiger partial charge in [0.1, 0.15) is 13.2 Å². The van der Waals surface area contributed by atoms with Gasteiger partial charge in [-0.1, -0.05) is 96.1 Å². The lowest BCUT2D eigenvalue weighted by Crippen LogP contribution is -2.30. The van der Waals surface area contributed by atoms with Crippen LogP contribution in [-0.4, -0.2) is 92.4 Å². The van der Waals surface area contributed by atoms with E-state index in [0.29, 0.717) is 51.4 Å². The Kier molecular flexibility index (Phi) is 27.8. The quantitative estimate of drug-likeness (QED) is 0.0483. The third kappa shape index (κ3) is 26.1. The summed E-state index contributed by atoms with van der Waals surface area (Å²) in [6.07, 6.45) is 17.8. The van der Waals surface area contributed by atoms with Gasteiger partial charge in [-0.05, 0) is 12.8 Å². The summed E-state index contributed by atoms with van der Waals surface area (Å²) in [7, 11) is 1.61. The predicted molar refractivity (Wildman–Crippen MR) is 179 cm³/mol. The predicted octanol–water partition coefficient (Wildman–Crippen LogP) is 6.17. The maximum absolute atomic E-state index is 12.6. The lowest BCUT2D eigenvalue weighted by Gasteiger charge is -2.18. The Morgan fingerprint density at radius 1 is 0.660 bits per heavy atom. The Labute approximate surface area is 282 Å². The zero-order valence-corrected chi connectivity index (χ0v) is 29.6. The van der Waals surface area contributed by atoms with Crippen molar-refractivity contribution in [2.45, 2.75) is 142 Å². The molecule has 0 aliphatic carbocycles. The van der Waals surface area contributed by atoms with Crippen LogP contribution in [0.5, 0.6) is 0 Å². The van der Waals surface area contributed by atoms with E-state index in [1.807, 2.05) is 0 Å². The molecule has 0 bridgehead atoms. The highest BCUT2D eigenvalue weighted by Crippen LogP contribution is 2.12. The van der Waals surface area contributed by atoms with Crippen molar-refractivity contribution in [3.8, 4) is 0 Å². The molecule has 0 spiro atoms. The van der Waals surface area contributed by atoms with Gasteiger partial charge in [0.2, 0.25) is 0 Å². The molecule has 0 aliphatic heterocycles. The van der Waals surface area contributed by atoms with Crippen molar-refractivity contribution in [1.82, 2.24) is 15.0 Å². The van der Waals surface area contributed by atoms with Crippen LogP contribution in [0.2, 0.25) is 0 Å². The van der Waals surface area contributed by atoms with Gasteiger partial charge in [-0.3, -0.25) is 14.4 Å². The number of unbranched alkanes of at least 4 members (excludes halogenated alkanes) is 12. The van der Waals surface area contributed by atoms with Gasteiger partial charge in [-0.15, -0.1) is 5.10 Å². The number of esters is 3. The number of carbonyl (C=O) groups excluding carboxylic acids is 3. The minimum absolute atomic E-state index is 0.0407. The molecule has 47 heavy (non-hydrogen) atoms. The highest BCUT2D eigenvalue weighted by Gasteiger charge is 2.19. The molecule has 0 radical (unpaired) electrons. The van der Waals surface area contributed by atoms with Crippen LogP contribution in [0.3, 0.4) is 0 Å². The maximum Gasteiger partial charge on any atom is 0.306 e. The van der Waals surface area contributed by atoms with Crippen LogP contribution in [0.4, 0.5) is 0 Å². The van der Waals surface area contributed by atoms with Gasteiger partial charge < -0.3 is 28.4 Å². The van der Waals surface area contributed by atoms with Crippen LogP contribution in [0, 0.1) is 0 Å². The summed E-state index contributed by atoms with van der Waals surface area (Å²) in [6.45, 7) is 6.91. The minimum atomic E-state index is -0.685. The van der Waals surface area contributed by atoms with Gasteiger partial charge in [0, 0.05) is 32.6 Å². The molecule has 12 heteroatoms. The summed E-state index contributed by atoms with van der Waals surface area (Å²) >= 11 is 0. The second-order valence-corrected chi connectivity index (χ2v) is 11.9. The molecular formula is C35H63N3O9. The van der Waals surface area contributed by atoms with Gasteiger partial charge in [0.15, 0.2) is 6.10 Å². The van der Waals surface area contributed by atoms with Crippen molar-refractivity contribution in [2.24, 2.45) is 0 Å². The van der Waals surface area contributed by atoms with Crippen molar-refractivity contribution in [1.29, 1.82) is 0 Å². The summed E-state index contributed by atoms with van der Waals surface area (Å²) in [5.74, 6) is -0.952.